The molecule has 2 atom stereocenters. The van der Waals surface area contributed by atoms with Gasteiger partial charge in [-0.05, 0) is 24.3 Å². The molecule has 4 amide bonds. The van der Waals surface area contributed by atoms with Crippen molar-refractivity contribution in [2.45, 2.75) is 77.0 Å². The predicted molar refractivity (Wildman–Crippen MR) is 147 cm³/mol. The molecule has 0 radical (unpaired) electrons. The molecular formula is C29H44N4O6. The molecular weight excluding hydrogens is 500 g/mol. The maximum atomic E-state index is 13.6. The van der Waals surface area contributed by atoms with Gasteiger partial charge >= 0.3 is 6.03 Å². The number of ether oxygens (including phenoxy) is 2. The molecule has 1 aliphatic carbocycles. The summed E-state index contributed by atoms with van der Waals surface area (Å²) < 4.78 is 11.1. The average Bonchev–Trinajstić information content (AvgIpc) is 2.97. The first-order valence-electron chi connectivity index (χ1n) is 14.3. The van der Waals surface area contributed by atoms with E-state index < -0.39 is 29.7 Å². The summed E-state index contributed by atoms with van der Waals surface area (Å²) in [5, 5.41) is 8.27. The number of carbonyl (C=O) groups is 4. The number of rotatable bonds is 14. The van der Waals surface area contributed by atoms with Crippen LogP contribution in [0.4, 0.5) is 4.79 Å². The fourth-order valence-electron chi connectivity index (χ4n) is 4.94. The van der Waals surface area contributed by atoms with Crippen molar-refractivity contribution in [1.82, 2.24) is 20.9 Å². The smallest absolute Gasteiger partial charge is 0.318 e. The minimum Gasteiger partial charge on any atom is -0.378 e. The van der Waals surface area contributed by atoms with Gasteiger partial charge < -0.3 is 30.3 Å². The topological polar surface area (TPSA) is 126 Å². The van der Waals surface area contributed by atoms with Crippen LogP contribution in [0, 0.1) is 5.92 Å². The zero-order valence-corrected chi connectivity index (χ0v) is 23.1. The Labute approximate surface area is 231 Å². The summed E-state index contributed by atoms with van der Waals surface area (Å²) in [6.07, 6.45) is 7.48. The van der Waals surface area contributed by atoms with Crippen molar-refractivity contribution >= 4 is 23.6 Å². The van der Waals surface area contributed by atoms with Crippen molar-refractivity contribution in [2.75, 3.05) is 39.5 Å². The molecule has 10 heteroatoms. The van der Waals surface area contributed by atoms with Crippen LogP contribution in [0.15, 0.2) is 30.3 Å². The molecule has 0 spiro atoms. The largest absolute Gasteiger partial charge is 0.378 e. The third-order valence-electron chi connectivity index (χ3n) is 7.28. The first-order valence-corrected chi connectivity index (χ1v) is 14.3. The van der Waals surface area contributed by atoms with Crippen LogP contribution in [-0.2, 0) is 30.5 Å². The fraction of sp³-hybridized carbons (Fsp3) is 0.655. The van der Waals surface area contributed by atoms with Crippen LogP contribution in [0.25, 0.3) is 0 Å². The summed E-state index contributed by atoms with van der Waals surface area (Å²) >= 11 is 0. The Balaban J connectivity index is 1.69. The van der Waals surface area contributed by atoms with Gasteiger partial charge in [0.25, 0.3) is 5.91 Å². The molecule has 3 rings (SSSR count). The molecule has 39 heavy (non-hydrogen) atoms. The molecule has 1 unspecified atom stereocenters. The number of nitrogens with zero attached hydrogens (tertiary/aromatic N) is 1. The Bertz CT molecular complexity index is 916. The van der Waals surface area contributed by atoms with Crippen molar-refractivity contribution in [1.29, 1.82) is 0 Å². The highest BCUT2D eigenvalue weighted by Gasteiger charge is 2.33. The maximum Gasteiger partial charge on any atom is 0.318 e. The van der Waals surface area contributed by atoms with Gasteiger partial charge in [-0.2, -0.15) is 0 Å². The second-order valence-electron chi connectivity index (χ2n) is 10.4. The number of morpholine rings is 1. The minimum absolute atomic E-state index is 0.159. The summed E-state index contributed by atoms with van der Waals surface area (Å²) in [5.74, 6) is -1.69. The van der Waals surface area contributed by atoms with Gasteiger partial charge in [0.1, 0.15) is 12.1 Å². The monoisotopic (exact) mass is 544 g/mol. The molecule has 1 aromatic carbocycles. The van der Waals surface area contributed by atoms with E-state index in [4.69, 9.17) is 9.47 Å². The van der Waals surface area contributed by atoms with Crippen LogP contribution in [0.3, 0.4) is 0 Å². The SMILES string of the molecule is CCCCNC(=O)C(=O)C(COCc1ccccc1)NC(=O)[C@@H](CC1CCCCC1)NC(=O)N1CCOCC1. The average molecular weight is 545 g/mol. The molecule has 0 bridgehead atoms. The lowest BCUT2D eigenvalue weighted by molar-refractivity contribution is -0.141. The maximum absolute atomic E-state index is 13.6. The van der Waals surface area contributed by atoms with Crippen molar-refractivity contribution in [3.8, 4) is 0 Å². The van der Waals surface area contributed by atoms with Gasteiger partial charge in [0.15, 0.2) is 0 Å². The van der Waals surface area contributed by atoms with E-state index in [0.29, 0.717) is 45.2 Å². The summed E-state index contributed by atoms with van der Waals surface area (Å²) in [6.45, 7) is 4.26. The fourth-order valence-corrected chi connectivity index (χ4v) is 4.94. The summed E-state index contributed by atoms with van der Waals surface area (Å²) in [6, 6.07) is 7.15. The molecule has 2 fully saturated rings. The number of Topliss-reactive ketones (excluding diaryl/α,β-unsaturated/α-hetero) is 1. The normalized spacial score (nSPS) is 17.6. The summed E-state index contributed by atoms with van der Waals surface area (Å²) in [7, 11) is 0. The zero-order chi connectivity index (χ0) is 27.9. The van der Waals surface area contributed by atoms with Gasteiger partial charge in [0, 0.05) is 19.6 Å². The van der Waals surface area contributed by atoms with E-state index in [1.54, 1.807) is 4.90 Å². The van der Waals surface area contributed by atoms with Crippen molar-refractivity contribution in [3.63, 3.8) is 0 Å². The number of ketones is 1. The second kappa shape index (κ2) is 16.9. The molecule has 1 saturated heterocycles. The Morgan fingerprint density at radius 2 is 1.72 bits per heavy atom. The van der Waals surface area contributed by atoms with Crippen LogP contribution in [0.5, 0.6) is 0 Å². The van der Waals surface area contributed by atoms with Gasteiger partial charge in [0.2, 0.25) is 11.7 Å². The van der Waals surface area contributed by atoms with Gasteiger partial charge in [-0.1, -0.05) is 75.8 Å². The quantitative estimate of drug-likeness (QED) is 0.244. The van der Waals surface area contributed by atoms with Gasteiger partial charge in [-0.15, -0.1) is 0 Å². The predicted octanol–water partition coefficient (Wildman–Crippen LogP) is 2.55. The molecule has 1 heterocycles. The van der Waals surface area contributed by atoms with Gasteiger partial charge in [-0.3, -0.25) is 14.4 Å². The lowest BCUT2D eigenvalue weighted by Crippen LogP contribution is -2.58. The molecule has 1 saturated carbocycles. The van der Waals surface area contributed by atoms with Crippen LogP contribution >= 0.6 is 0 Å². The number of hydrogen-bond donors (Lipinski definition) is 3. The number of hydrogen-bond acceptors (Lipinski definition) is 6. The van der Waals surface area contributed by atoms with E-state index in [1.807, 2.05) is 37.3 Å². The van der Waals surface area contributed by atoms with E-state index in [2.05, 4.69) is 16.0 Å². The van der Waals surface area contributed by atoms with Gasteiger partial charge in [-0.25, -0.2) is 4.79 Å². The molecule has 3 N–H and O–H groups in total. The van der Waals surface area contributed by atoms with Crippen LogP contribution in [-0.4, -0.2) is 80.1 Å². The van der Waals surface area contributed by atoms with Crippen molar-refractivity contribution < 1.29 is 28.7 Å². The zero-order valence-electron chi connectivity index (χ0n) is 23.1. The number of benzene rings is 1. The number of urea groups is 1. The highest BCUT2D eigenvalue weighted by Crippen LogP contribution is 2.27. The molecule has 1 aromatic rings. The van der Waals surface area contributed by atoms with Crippen molar-refractivity contribution in [3.05, 3.63) is 35.9 Å². The Morgan fingerprint density at radius 1 is 1.00 bits per heavy atom. The van der Waals surface area contributed by atoms with E-state index in [0.717, 1.165) is 44.1 Å². The third-order valence-corrected chi connectivity index (χ3v) is 7.28. The van der Waals surface area contributed by atoms with Crippen LogP contribution < -0.4 is 16.0 Å². The highest BCUT2D eigenvalue weighted by molar-refractivity contribution is 6.38. The Kier molecular flexibility index (Phi) is 13.2. The molecule has 0 aromatic heterocycles. The highest BCUT2D eigenvalue weighted by atomic mass is 16.5. The van der Waals surface area contributed by atoms with E-state index >= 15 is 0 Å². The summed E-state index contributed by atoms with van der Waals surface area (Å²) in [4.78, 5) is 53.8. The van der Waals surface area contributed by atoms with E-state index in [9.17, 15) is 19.2 Å². The number of unbranched alkanes of at least 4 members (excludes halogenated alkanes) is 1. The van der Waals surface area contributed by atoms with E-state index in [-0.39, 0.29) is 19.2 Å². The van der Waals surface area contributed by atoms with E-state index in [1.165, 1.54) is 6.42 Å². The number of carbonyl (C=O) groups excluding carboxylic acids is 4. The minimum atomic E-state index is -1.17. The lowest BCUT2D eigenvalue weighted by Gasteiger charge is -2.31. The Hall–Kier alpha value is -2.98. The van der Waals surface area contributed by atoms with Crippen LogP contribution in [0.2, 0.25) is 0 Å². The number of amides is 4. The molecule has 10 nitrogen and oxygen atoms in total. The van der Waals surface area contributed by atoms with Crippen molar-refractivity contribution in [2.24, 2.45) is 5.92 Å². The first-order chi connectivity index (χ1) is 19.0. The van der Waals surface area contributed by atoms with Crippen LogP contribution in [0.1, 0.15) is 63.9 Å². The first kappa shape index (κ1) is 30.6. The Morgan fingerprint density at radius 3 is 2.41 bits per heavy atom. The standard InChI is InChI=1S/C29H44N4O6/c1-2-3-14-30-28(36)26(34)25(21-39-20-23-12-8-5-9-13-23)31-27(35)24(19-22-10-6-4-7-11-22)32-29(37)33-15-17-38-18-16-33/h5,8-9,12-13,22,24-25H,2-4,6-7,10-11,14-21H2,1H3,(H,30,36)(H,31,35)(H,32,37)/t24-,25?/m1/s1. The third kappa shape index (κ3) is 10.6. The molecule has 2 aliphatic rings. The molecule has 216 valence electrons. The summed E-state index contributed by atoms with van der Waals surface area (Å²) in [5.41, 5.74) is 0.912. The number of nitrogens with one attached hydrogen (secondary N) is 3. The second-order valence-corrected chi connectivity index (χ2v) is 10.4. The lowest BCUT2D eigenvalue weighted by atomic mass is 9.84. The molecule has 1 aliphatic heterocycles. The van der Waals surface area contributed by atoms with Gasteiger partial charge in [0.05, 0.1) is 26.4 Å².